The van der Waals surface area contributed by atoms with Gasteiger partial charge in [-0.2, -0.15) is 0 Å². The molecule has 2 rings (SSSR count). The lowest BCUT2D eigenvalue weighted by molar-refractivity contribution is 1.50. The summed E-state index contributed by atoms with van der Waals surface area (Å²) < 4.78 is 1.46. The molecule has 0 aliphatic heterocycles. The molecule has 2 nitrogen and oxygen atoms in total. The average molecular weight is 219 g/mol. The Balaban J connectivity index is 2.83. The molecule has 0 amide bonds. The van der Waals surface area contributed by atoms with E-state index < -0.39 is 0 Å². The van der Waals surface area contributed by atoms with E-state index in [2.05, 4.69) is 4.98 Å². The molecule has 1 heterocycles. The quantitative estimate of drug-likeness (QED) is 0.691. The average Bonchev–Trinajstić information content (AvgIpc) is 2.30. The van der Waals surface area contributed by atoms with Gasteiger partial charge in [0.05, 0.1) is 20.9 Å². The van der Waals surface area contributed by atoms with Gasteiger partial charge >= 0.3 is 0 Å². The van der Waals surface area contributed by atoms with Crippen LogP contribution in [0.25, 0.3) is 10.2 Å². The van der Waals surface area contributed by atoms with Crippen molar-refractivity contribution in [1.82, 2.24) is 4.98 Å². The molecule has 5 heteroatoms. The molecule has 0 atom stereocenters. The molecular formula is C7H4Cl2N2S. The summed E-state index contributed by atoms with van der Waals surface area (Å²) in [5.74, 6) is 0. The Hall–Kier alpha value is -0.510. The lowest BCUT2D eigenvalue weighted by Crippen LogP contribution is -1.84. The maximum Gasteiger partial charge on any atom is 0.184 e. The fourth-order valence-corrected chi connectivity index (χ4v) is 2.22. The van der Waals surface area contributed by atoms with Gasteiger partial charge < -0.3 is 5.73 Å². The summed E-state index contributed by atoms with van der Waals surface area (Å²) in [5.41, 5.74) is 6.92. The van der Waals surface area contributed by atoms with Gasteiger partial charge in [-0.1, -0.05) is 23.2 Å². The Morgan fingerprint density at radius 3 is 2.83 bits per heavy atom. The number of nitrogens with two attached hydrogens (primary N) is 1. The Bertz CT molecular complexity index is 399. The number of nitrogens with zero attached hydrogens (tertiary/aromatic N) is 1. The molecule has 0 aliphatic carbocycles. The molecule has 2 aromatic rings. The fraction of sp³-hybridized carbons (Fsp3) is 0. The van der Waals surface area contributed by atoms with Crippen LogP contribution in [0.2, 0.25) is 9.49 Å². The van der Waals surface area contributed by atoms with Crippen molar-refractivity contribution in [2.75, 3.05) is 5.73 Å². The van der Waals surface area contributed by atoms with Crippen LogP contribution >= 0.6 is 34.5 Å². The van der Waals surface area contributed by atoms with Crippen molar-refractivity contribution in [3.63, 3.8) is 0 Å². The topological polar surface area (TPSA) is 38.9 Å². The van der Waals surface area contributed by atoms with Crippen LogP contribution < -0.4 is 5.73 Å². The lowest BCUT2D eigenvalue weighted by atomic mass is 10.3. The van der Waals surface area contributed by atoms with Crippen LogP contribution in [-0.4, -0.2) is 4.98 Å². The van der Waals surface area contributed by atoms with Gasteiger partial charge in [-0.25, -0.2) is 4.98 Å². The van der Waals surface area contributed by atoms with Crippen LogP contribution in [0, 0.1) is 0 Å². The summed E-state index contributed by atoms with van der Waals surface area (Å²) in [7, 11) is 0. The molecule has 0 saturated carbocycles. The van der Waals surface area contributed by atoms with E-state index in [9.17, 15) is 0 Å². The number of nitrogen functional groups attached to an aromatic ring is 1. The van der Waals surface area contributed by atoms with Crippen molar-refractivity contribution in [2.45, 2.75) is 0 Å². The number of benzene rings is 1. The number of aromatic nitrogens is 1. The number of thiazole rings is 1. The van der Waals surface area contributed by atoms with E-state index in [1.807, 2.05) is 0 Å². The summed E-state index contributed by atoms with van der Waals surface area (Å²) in [5, 5.41) is 0.544. The Morgan fingerprint density at radius 1 is 1.33 bits per heavy atom. The van der Waals surface area contributed by atoms with E-state index in [-0.39, 0.29) is 0 Å². The van der Waals surface area contributed by atoms with E-state index in [0.717, 1.165) is 10.2 Å². The van der Waals surface area contributed by atoms with Gasteiger partial charge in [-0.3, -0.25) is 0 Å². The largest absolute Gasteiger partial charge is 0.397 e. The molecule has 0 unspecified atom stereocenters. The van der Waals surface area contributed by atoms with E-state index >= 15 is 0 Å². The maximum atomic E-state index is 5.81. The summed E-state index contributed by atoms with van der Waals surface area (Å²) >= 11 is 12.9. The van der Waals surface area contributed by atoms with E-state index in [1.54, 1.807) is 12.1 Å². The first-order chi connectivity index (χ1) is 5.66. The molecule has 62 valence electrons. The fourth-order valence-electron chi connectivity index (χ4n) is 0.937. The van der Waals surface area contributed by atoms with Gasteiger partial charge in [0.25, 0.3) is 0 Å². The smallest absolute Gasteiger partial charge is 0.184 e. The van der Waals surface area contributed by atoms with E-state index in [1.165, 1.54) is 11.3 Å². The highest BCUT2D eigenvalue weighted by atomic mass is 35.5. The predicted octanol–water partition coefficient (Wildman–Crippen LogP) is 3.19. The molecular weight excluding hydrogens is 215 g/mol. The van der Waals surface area contributed by atoms with Crippen molar-refractivity contribution in [1.29, 1.82) is 0 Å². The van der Waals surface area contributed by atoms with Gasteiger partial charge in [0, 0.05) is 0 Å². The first kappa shape index (κ1) is 8.10. The van der Waals surface area contributed by atoms with Crippen LogP contribution in [0.5, 0.6) is 0 Å². The van der Waals surface area contributed by atoms with E-state index in [4.69, 9.17) is 28.9 Å². The molecule has 1 aromatic heterocycles. The molecule has 1 aromatic carbocycles. The van der Waals surface area contributed by atoms with Crippen LogP contribution in [0.4, 0.5) is 5.69 Å². The van der Waals surface area contributed by atoms with Gasteiger partial charge in [0.2, 0.25) is 0 Å². The van der Waals surface area contributed by atoms with Crippen LogP contribution in [-0.2, 0) is 0 Å². The molecule has 0 bridgehead atoms. The number of hydrogen-bond acceptors (Lipinski definition) is 3. The third-order valence-electron chi connectivity index (χ3n) is 1.48. The van der Waals surface area contributed by atoms with Gasteiger partial charge in [-0.15, -0.1) is 11.3 Å². The molecule has 12 heavy (non-hydrogen) atoms. The van der Waals surface area contributed by atoms with E-state index in [0.29, 0.717) is 15.2 Å². The number of anilines is 1. The second kappa shape index (κ2) is 2.76. The Kier molecular flexibility index (Phi) is 1.87. The normalized spacial score (nSPS) is 10.8. The van der Waals surface area contributed by atoms with Crippen molar-refractivity contribution in [3.8, 4) is 0 Å². The SMILES string of the molecule is Nc1cc2nc(Cl)sc2cc1Cl. The summed E-state index contributed by atoms with van der Waals surface area (Å²) in [6, 6.07) is 3.50. The minimum atomic E-state index is 0.506. The first-order valence-corrected chi connectivity index (χ1v) is 4.75. The standard InChI is InChI=1S/C7H4Cl2N2S/c8-3-1-6-5(2-4(3)10)11-7(9)12-6/h1-2H,10H2. The van der Waals surface area contributed by atoms with Crippen molar-refractivity contribution in [2.24, 2.45) is 0 Å². The van der Waals surface area contributed by atoms with Crippen molar-refractivity contribution in [3.05, 3.63) is 21.6 Å². The summed E-state index contributed by atoms with van der Waals surface area (Å²) in [6.07, 6.45) is 0. The minimum Gasteiger partial charge on any atom is -0.397 e. The van der Waals surface area contributed by atoms with Crippen LogP contribution in [0.15, 0.2) is 12.1 Å². The highest BCUT2D eigenvalue weighted by molar-refractivity contribution is 7.22. The number of halogens is 2. The third-order valence-corrected chi connectivity index (χ3v) is 2.93. The maximum absolute atomic E-state index is 5.81. The van der Waals surface area contributed by atoms with Gasteiger partial charge in [0.1, 0.15) is 0 Å². The zero-order chi connectivity index (χ0) is 8.72. The second-order valence-electron chi connectivity index (χ2n) is 2.31. The first-order valence-electron chi connectivity index (χ1n) is 3.18. The summed E-state index contributed by atoms with van der Waals surface area (Å²) in [4.78, 5) is 4.06. The van der Waals surface area contributed by atoms with Gasteiger partial charge in [0.15, 0.2) is 4.47 Å². The second-order valence-corrected chi connectivity index (χ2v) is 4.33. The predicted molar refractivity (Wildman–Crippen MR) is 54.1 cm³/mol. The van der Waals surface area contributed by atoms with Crippen LogP contribution in [0.1, 0.15) is 0 Å². The molecule has 0 spiro atoms. The zero-order valence-corrected chi connectivity index (χ0v) is 8.17. The zero-order valence-electron chi connectivity index (χ0n) is 5.84. The highest BCUT2D eigenvalue weighted by Crippen LogP contribution is 2.31. The van der Waals surface area contributed by atoms with Gasteiger partial charge in [-0.05, 0) is 12.1 Å². The van der Waals surface area contributed by atoms with Crippen LogP contribution in [0.3, 0.4) is 0 Å². The Labute approximate surface area is 82.9 Å². The van der Waals surface area contributed by atoms with Crippen molar-refractivity contribution < 1.29 is 0 Å². The highest BCUT2D eigenvalue weighted by Gasteiger charge is 2.04. The number of hydrogen-bond donors (Lipinski definition) is 1. The molecule has 0 fully saturated rings. The molecule has 0 saturated heterocycles. The lowest BCUT2D eigenvalue weighted by Gasteiger charge is -1.94. The molecule has 0 aliphatic rings. The van der Waals surface area contributed by atoms with Crippen molar-refractivity contribution >= 4 is 50.4 Å². The Morgan fingerprint density at radius 2 is 2.08 bits per heavy atom. The summed E-state index contributed by atoms with van der Waals surface area (Å²) in [6.45, 7) is 0. The minimum absolute atomic E-state index is 0.506. The monoisotopic (exact) mass is 218 g/mol. The number of rotatable bonds is 0. The third kappa shape index (κ3) is 1.24. The molecule has 2 N–H and O–H groups in total. The number of fused-ring (bicyclic) bond motifs is 1. The molecule has 0 radical (unpaired) electrons.